The van der Waals surface area contributed by atoms with Gasteiger partial charge in [-0.2, -0.15) is 0 Å². The minimum Gasteiger partial charge on any atom is -0.299 e. The maximum absolute atomic E-state index is 11.1. The van der Waals surface area contributed by atoms with Gasteiger partial charge in [-0.05, 0) is 19.3 Å². The fourth-order valence-electron chi connectivity index (χ4n) is 1.04. The predicted molar refractivity (Wildman–Crippen MR) is 53.6 cm³/mol. The summed E-state index contributed by atoms with van der Waals surface area (Å²) in [4.78, 5) is 22.0. The summed E-state index contributed by atoms with van der Waals surface area (Å²) in [5.74, 6) is 0.129. The van der Waals surface area contributed by atoms with E-state index in [4.69, 9.17) is 0 Å². The van der Waals surface area contributed by atoms with Crippen LogP contribution >= 0.6 is 0 Å². The van der Waals surface area contributed by atoms with Crippen LogP contribution in [-0.2, 0) is 9.59 Å². The van der Waals surface area contributed by atoms with Gasteiger partial charge in [-0.25, -0.2) is 0 Å². The van der Waals surface area contributed by atoms with E-state index in [0.29, 0.717) is 12.8 Å². The molecule has 0 N–H and O–H groups in total. The molecule has 2 heteroatoms. The van der Waals surface area contributed by atoms with Gasteiger partial charge in [-0.1, -0.05) is 13.0 Å². The number of carbonyl (C=O) groups excluding carboxylic acids is 2. The van der Waals surface area contributed by atoms with Gasteiger partial charge in [0.2, 0.25) is 0 Å². The lowest BCUT2D eigenvalue weighted by atomic mass is 10.1. The lowest BCUT2D eigenvalue weighted by molar-refractivity contribution is -0.126. The molecule has 74 valence electrons. The molecule has 0 fully saturated rings. The number of allylic oxidation sites excluding steroid dienone is 1. The van der Waals surface area contributed by atoms with Crippen molar-refractivity contribution in [1.82, 2.24) is 0 Å². The Morgan fingerprint density at radius 2 is 1.92 bits per heavy atom. The maximum Gasteiger partial charge on any atom is 0.140 e. The number of ketones is 2. The second-order valence-electron chi connectivity index (χ2n) is 3.14. The Kier molecular flexibility index (Phi) is 7.17. The molecule has 0 heterocycles. The Hall–Kier alpha value is -0.920. The molecule has 0 saturated carbocycles. The number of unbranched alkanes of at least 4 members (excludes halogenated alkanes) is 2. The van der Waals surface area contributed by atoms with Crippen molar-refractivity contribution in [2.24, 2.45) is 0 Å². The SMILES string of the molecule is C=CCCCCC(=O)CC(=O)CC. The molecule has 0 aliphatic heterocycles. The van der Waals surface area contributed by atoms with Gasteiger partial charge < -0.3 is 0 Å². The highest BCUT2D eigenvalue weighted by Crippen LogP contribution is 2.03. The highest BCUT2D eigenvalue weighted by molar-refractivity contribution is 5.98. The molecular weight excluding hydrogens is 164 g/mol. The van der Waals surface area contributed by atoms with Crippen molar-refractivity contribution in [3.8, 4) is 0 Å². The molecule has 0 aromatic heterocycles. The Morgan fingerprint density at radius 3 is 2.46 bits per heavy atom. The van der Waals surface area contributed by atoms with E-state index in [9.17, 15) is 9.59 Å². The second kappa shape index (κ2) is 7.71. The standard InChI is InChI=1S/C11H18O2/c1-3-5-6-7-8-11(13)9-10(12)4-2/h3H,1,4-9H2,2H3. The number of hydrogen-bond donors (Lipinski definition) is 0. The first kappa shape index (κ1) is 12.1. The van der Waals surface area contributed by atoms with E-state index in [1.54, 1.807) is 6.92 Å². The highest BCUT2D eigenvalue weighted by Gasteiger charge is 2.06. The molecule has 0 amide bonds. The largest absolute Gasteiger partial charge is 0.299 e. The lowest BCUT2D eigenvalue weighted by Crippen LogP contribution is -2.06. The third-order valence-electron chi connectivity index (χ3n) is 1.90. The van der Waals surface area contributed by atoms with Crippen LogP contribution in [0.25, 0.3) is 0 Å². The van der Waals surface area contributed by atoms with Gasteiger partial charge in [0.1, 0.15) is 11.6 Å². The summed E-state index contributed by atoms with van der Waals surface area (Å²) in [6, 6.07) is 0. The van der Waals surface area contributed by atoms with E-state index in [1.807, 2.05) is 6.08 Å². The van der Waals surface area contributed by atoms with Crippen molar-refractivity contribution < 1.29 is 9.59 Å². The molecule has 13 heavy (non-hydrogen) atoms. The van der Waals surface area contributed by atoms with Crippen molar-refractivity contribution in [3.05, 3.63) is 12.7 Å². The average molecular weight is 182 g/mol. The molecule has 0 spiro atoms. The predicted octanol–water partition coefficient (Wildman–Crippen LogP) is 2.67. The molecule has 0 aromatic rings. The molecule has 0 atom stereocenters. The Bertz CT molecular complexity index is 183. The third-order valence-corrected chi connectivity index (χ3v) is 1.90. The van der Waals surface area contributed by atoms with E-state index < -0.39 is 0 Å². The Balaban J connectivity index is 3.40. The minimum atomic E-state index is 0.0497. The van der Waals surface area contributed by atoms with Crippen LogP contribution in [0.5, 0.6) is 0 Å². The second-order valence-corrected chi connectivity index (χ2v) is 3.14. The molecule has 0 rings (SSSR count). The smallest absolute Gasteiger partial charge is 0.140 e. The summed E-state index contributed by atoms with van der Waals surface area (Å²) >= 11 is 0. The number of rotatable bonds is 8. The van der Waals surface area contributed by atoms with Crippen LogP contribution in [0.15, 0.2) is 12.7 Å². The molecule has 0 aliphatic rings. The van der Waals surface area contributed by atoms with Gasteiger partial charge in [0.25, 0.3) is 0 Å². The molecule has 0 saturated heterocycles. The van der Waals surface area contributed by atoms with Crippen LogP contribution in [0.3, 0.4) is 0 Å². The molecule has 0 unspecified atom stereocenters. The summed E-state index contributed by atoms with van der Waals surface area (Å²) in [5.41, 5.74) is 0. The monoisotopic (exact) mass is 182 g/mol. The summed E-state index contributed by atoms with van der Waals surface area (Å²) in [7, 11) is 0. The molecule has 0 bridgehead atoms. The van der Waals surface area contributed by atoms with Crippen LogP contribution in [0.1, 0.15) is 45.4 Å². The average Bonchev–Trinajstić information content (AvgIpc) is 2.12. The van der Waals surface area contributed by atoms with Crippen LogP contribution in [0.2, 0.25) is 0 Å². The first-order valence-corrected chi connectivity index (χ1v) is 4.85. The first-order chi connectivity index (χ1) is 6.20. The van der Waals surface area contributed by atoms with Crippen molar-refractivity contribution in [2.75, 3.05) is 0 Å². The molecule has 0 aromatic carbocycles. The zero-order chi connectivity index (χ0) is 10.1. The maximum atomic E-state index is 11.1. The van der Waals surface area contributed by atoms with Crippen LogP contribution in [0, 0.1) is 0 Å². The fraction of sp³-hybridized carbons (Fsp3) is 0.636. The van der Waals surface area contributed by atoms with Crippen molar-refractivity contribution in [1.29, 1.82) is 0 Å². The van der Waals surface area contributed by atoms with Gasteiger partial charge in [-0.3, -0.25) is 9.59 Å². The van der Waals surface area contributed by atoms with Crippen LogP contribution in [0.4, 0.5) is 0 Å². The molecule has 0 aliphatic carbocycles. The number of Topliss-reactive ketones (excluding diaryl/α,β-unsaturated/α-hetero) is 2. The fourth-order valence-corrected chi connectivity index (χ4v) is 1.04. The minimum absolute atomic E-state index is 0.0497. The highest BCUT2D eigenvalue weighted by atomic mass is 16.1. The van der Waals surface area contributed by atoms with Gasteiger partial charge >= 0.3 is 0 Å². The molecule has 0 radical (unpaired) electrons. The lowest BCUT2D eigenvalue weighted by Gasteiger charge is -1.97. The summed E-state index contributed by atoms with van der Waals surface area (Å²) in [5, 5.41) is 0. The van der Waals surface area contributed by atoms with Crippen molar-refractivity contribution in [3.63, 3.8) is 0 Å². The summed E-state index contributed by atoms with van der Waals surface area (Å²) in [6.07, 6.45) is 5.82. The third kappa shape index (κ3) is 7.44. The van der Waals surface area contributed by atoms with Gasteiger partial charge in [-0.15, -0.1) is 6.58 Å². The van der Waals surface area contributed by atoms with Gasteiger partial charge in [0.05, 0.1) is 6.42 Å². The topological polar surface area (TPSA) is 34.1 Å². The van der Waals surface area contributed by atoms with E-state index in [-0.39, 0.29) is 18.0 Å². The summed E-state index contributed by atoms with van der Waals surface area (Å²) in [6.45, 7) is 5.39. The number of hydrogen-bond acceptors (Lipinski definition) is 2. The molecular formula is C11H18O2. The Labute approximate surface area is 80.0 Å². The molecule has 2 nitrogen and oxygen atoms in total. The van der Waals surface area contributed by atoms with E-state index >= 15 is 0 Å². The van der Waals surface area contributed by atoms with E-state index in [2.05, 4.69) is 6.58 Å². The summed E-state index contributed by atoms with van der Waals surface area (Å²) < 4.78 is 0. The quantitative estimate of drug-likeness (QED) is 0.328. The first-order valence-electron chi connectivity index (χ1n) is 4.85. The zero-order valence-electron chi connectivity index (χ0n) is 8.34. The Morgan fingerprint density at radius 1 is 1.23 bits per heavy atom. The van der Waals surface area contributed by atoms with Gasteiger partial charge in [0, 0.05) is 12.8 Å². The zero-order valence-corrected chi connectivity index (χ0v) is 8.34. The van der Waals surface area contributed by atoms with Crippen LogP contribution in [-0.4, -0.2) is 11.6 Å². The normalized spacial score (nSPS) is 9.62. The van der Waals surface area contributed by atoms with E-state index in [1.165, 1.54) is 0 Å². The number of carbonyl (C=O) groups is 2. The van der Waals surface area contributed by atoms with Crippen molar-refractivity contribution >= 4 is 11.6 Å². The van der Waals surface area contributed by atoms with Crippen molar-refractivity contribution in [2.45, 2.75) is 45.4 Å². The van der Waals surface area contributed by atoms with E-state index in [0.717, 1.165) is 19.3 Å². The van der Waals surface area contributed by atoms with Crippen LogP contribution < -0.4 is 0 Å². The van der Waals surface area contributed by atoms with Gasteiger partial charge in [0.15, 0.2) is 0 Å².